The fourth-order valence-corrected chi connectivity index (χ4v) is 3.35. The first-order valence-electron chi connectivity index (χ1n) is 9.29. The molecule has 2 atom stereocenters. The van der Waals surface area contributed by atoms with Gasteiger partial charge in [-0.15, -0.1) is 0 Å². The summed E-state index contributed by atoms with van der Waals surface area (Å²) in [6.45, 7) is 6.00. The number of primary amides is 1. The normalized spacial score (nSPS) is 20.3. The fraction of sp³-hybridized carbons (Fsp3) is 0.500. The van der Waals surface area contributed by atoms with Crippen LogP contribution in [0.3, 0.4) is 0 Å². The molecule has 2 amide bonds. The molecule has 1 aromatic heterocycles. The highest BCUT2D eigenvalue weighted by Gasteiger charge is 2.28. The summed E-state index contributed by atoms with van der Waals surface area (Å²) in [7, 11) is 0. The first-order chi connectivity index (χ1) is 12.8. The van der Waals surface area contributed by atoms with E-state index in [0.29, 0.717) is 29.3 Å². The Kier molecular flexibility index (Phi) is 5.30. The molecule has 0 bridgehead atoms. The number of carbonyl (C=O) groups excluding carboxylic acids is 2. The quantitative estimate of drug-likeness (QED) is 0.859. The van der Waals surface area contributed by atoms with Gasteiger partial charge in [0.25, 0.3) is 11.8 Å². The first kappa shape index (κ1) is 19.1. The molecule has 0 unspecified atom stereocenters. The summed E-state index contributed by atoms with van der Waals surface area (Å²) < 4.78 is 5.40. The van der Waals surface area contributed by atoms with Crippen LogP contribution in [0.4, 0.5) is 0 Å². The van der Waals surface area contributed by atoms with Crippen LogP contribution in [-0.4, -0.2) is 28.0 Å². The lowest BCUT2D eigenvalue weighted by Gasteiger charge is -2.28. The first-order valence-corrected chi connectivity index (χ1v) is 9.29. The number of nitrogens with one attached hydrogen (secondary N) is 1. The Hall–Kier alpha value is -2.70. The van der Waals surface area contributed by atoms with Gasteiger partial charge in [-0.25, -0.2) is 0 Å². The van der Waals surface area contributed by atoms with Gasteiger partial charge in [-0.3, -0.25) is 9.59 Å². The SMILES string of the molecule is CC(C)(C)c1noc(-c2ccccc2C(=O)N[C@H]2CCC[C@H](C(N)=O)C2)n1. The summed E-state index contributed by atoms with van der Waals surface area (Å²) in [6, 6.07) is 7.09. The molecule has 3 rings (SSSR count). The molecule has 0 radical (unpaired) electrons. The number of aromatic nitrogens is 2. The second-order valence-electron chi connectivity index (χ2n) is 8.16. The summed E-state index contributed by atoms with van der Waals surface area (Å²) in [5.74, 6) is 0.226. The minimum atomic E-state index is -0.296. The molecule has 7 nitrogen and oxygen atoms in total. The third-order valence-corrected chi connectivity index (χ3v) is 4.91. The van der Waals surface area contributed by atoms with E-state index in [-0.39, 0.29) is 29.2 Å². The van der Waals surface area contributed by atoms with Gasteiger partial charge in [0.15, 0.2) is 5.82 Å². The number of benzene rings is 1. The fourth-order valence-electron chi connectivity index (χ4n) is 3.35. The number of rotatable bonds is 4. The van der Waals surface area contributed by atoms with Crippen LogP contribution in [0.15, 0.2) is 28.8 Å². The van der Waals surface area contributed by atoms with Crippen molar-refractivity contribution in [1.29, 1.82) is 0 Å². The number of amides is 2. The van der Waals surface area contributed by atoms with Crippen LogP contribution in [0.5, 0.6) is 0 Å². The van der Waals surface area contributed by atoms with Gasteiger partial charge in [-0.1, -0.05) is 44.5 Å². The maximum Gasteiger partial charge on any atom is 0.258 e. The van der Waals surface area contributed by atoms with E-state index in [1.807, 2.05) is 26.8 Å². The Morgan fingerprint density at radius 3 is 2.63 bits per heavy atom. The molecule has 27 heavy (non-hydrogen) atoms. The summed E-state index contributed by atoms with van der Waals surface area (Å²) in [6.07, 6.45) is 3.08. The average Bonchev–Trinajstić information content (AvgIpc) is 3.12. The Labute approximate surface area is 158 Å². The number of carbonyl (C=O) groups is 2. The highest BCUT2D eigenvalue weighted by Crippen LogP contribution is 2.27. The van der Waals surface area contributed by atoms with Crippen molar-refractivity contribution in [3.05, 3.63) is 35.7 Å². The van der Waals surface area contributed by atoms with Crippen LogP contribution in [0.2, 0.25) is 0 Å². The van der Waals surface area contributed by atoms with Crippen molar-refractivity contribution in [3.63, 3.8) is 0 Å². The van der Waals surface area contributed by atoms with Gasteiger partial charge in [-0.2, -0.15) is 4.98 Å². The minimum Gasteiger partial charge on any atom is -0.369 e. The topological polar surface area (TPSA) is 111 Å². The minimum absolute atomic E-state index is 0.0652. The number of hydrogen-bond donors (Lipinski definition) is 2. The lowest BCUT2D eigenvalue weighted by Crippen LogP contribution is -2.41. The predicted molar refractivity (Wildman–Crippen MR) is 101 cm³/mol. The number of nitrogens with two attached hydrogens (primary N) is 1. The van der Waals surface area contributed by atoms with Gasteiger partial charge in [0.2, 0.25) is 5.91 Å². The molecule has 1 aliphatic rings. The van der Waals surface area contributed by atoms with E-state index >= 15 is 0 Å². The van der Waals surface area contributed by atoms with Gasteiger partial charge in [0.1, 0.15) is 0 Å². The highest BCUT2D eigenvalue weighted by atomic mass is 16.5. The number of nitrogens with zero attached hydrogens (tertiary/aromatic N) is 2. The standard InChI is InChI=1S/C20H26N4O3/c1-20(2,3)19-23-18(27-24-19)15-10-5-4-9-14(15)17(26)22-13-8-6-7-12(11-13)16(21)25/h4-5,9-10,12-13H,6-8,11H2,1-3H3,(H2,21,25)(H,22,26)/t12-,13-/m0/s1. The molecule has 3 N–H and O–H groups in total. The van der Waals surface area contributed by atoms with E-state index in [1.165, 1.54) is 0 Å². The average molecular weight is 370 g/mol. The predicted octanol–water partition coefficient (Wildman–Crippen LogP) is 2.81. The second-order valence-corrected chi connectivity index (χ2v) is 8.16. The van der Waals surface area contributed by atoms with E-state index in [0.717, 1.165) is 19.3 Å². The summed E-state index contributed by atoms with van der Waals surface area (Å²) in [4.78, 5) is 28.8. The highest BCUT2D eigenvalue weighted by molar-refractivity contribution is 6.00. The van der Waals surface area contributed by atoms with Crippen LogP contribution in [-0.2, 0) is 10.2 Å². The molecule has 2 aromatic rings. The zero-order valence-corrected chi connectivity index (χ0v) is 16.0. The van der Waals surface area contributed by atoms with E-state index < -0.39 is 0 Å². The summed E-state index contributed by atoms with van der Waals surface area (Å²) >= 11 is 0. The van der Waals surface area contributed by atoms with Crippen LogP contribution in [0.1, 0.15) is 62.6 Å². The maximum atomic E-state index is 12.9. The van der Waals surface area contributed by atoms with E-state index in [2.05, 4.69) is 15.5 Å². The molecular formula is C20H26N4O3. The van der Waals surface area contributed by atoms with Crippen molar-refractivity contribution in [2.24, 2.45) is 11.7 Å². The van der Waals surface area contributed by atoms with Crippen LogP contribution >= 0.6 is 0 Å². The van der Waals surface area contributed by atoms with Crippen LogP contribution < -0.4 is 11.1 Å². The molecule has 1 fully saturated rings. The third-order valence-electron chi connectivity index (χ3n) is 4.91. The molecule has 1 saturated carbocycles. The maximum absolute atomic E-state index is 12.9. The van der Waals surface area contributed by atoms with Gasteiger partial charge in [0.05, 0.1) is 11.1 Å². The van der Waals surface area contributed by atoms with Crippen LogP contribution in [0.25, 0.3) is 11.5 Å². The lowest BCUT2D eigenvalue weighted by molar-refractivity contribution is -0.122. The van der Waals surface area contributed by atoms with Crippen molar-refractivity contribution in [3.8, 4) is 11.5 Å². The van der Waals surface area contributed by atoms with Gasteiger partial charge < -0.3 is 15.6 Å². The molecule has 0 aliphatic heterocycles. The molecule has 1 aliphatic carbocycles. The largest absolute Gasteiger partial charge is 0.369 e. The monoisotopic (exact) mass is 370 g/mol. The smallest absolute Gasteiger partial charge is 0.258 e. The lowest BCUT2D eigenvalue weighted by atomic mass is 9.85. The second kappa shape index (κ2) is 7.50. The Morgan fingerprint density at radius 2 is 1.96 bits per heavy atom. The zero-order valence-electron chi connectivity index (χ0n) is 16.0. The van der Waals surface area contributed by atoms with Crippen molar-refractivity contribution in [2.45, 2.75) is 57.9 Å². The summed E-state index contributed by atoms with van der Waals surface area (Å²) in [5.41, 5.74) is 6.26. The summed E-state index contributed by atoms with van der Waals surface area (Å²) in [5, 5.41) is 7.07. The van der Waals surface area contributed by atoms with Crippen LogP contribution in [0, 0.1) is 5.92 Å². The zero-order chi connectivity index (χ0) is 19.6. The Morgan fingerprint density at radius 1 is 1.22 bits per heavy atom. The number of hydrogen-bond acceptors (Lipinski definition) is 5. The van der Waals surface area contributed by atoms with Crippen molar-refractivity contribution in [1.82, 2.24) is 15.5 Å². The van der Waals surface area contributed by atoms with Gasteiger partial charge in [0, 0.05) is 17.4 Å². The van der Waals surface area contributed by atoms with Crippen molar-refractivity contribution < 1.29 is 14.1 Å². The molecule has 1 aromatic carbocycles. The molecule has 0 spiro atoms. The molecule has 7 heteroatoms. The van der Waals surface area contributed by atoms with E-state index in [1.54, 1.807) is 18.2 Å². The molecule has 0 saturated heterocycles. The van der Waals surface area contributed by atoms with Crippen molar-refractivity contribution in [2.75, 3.05) is 0 Å². The molecular weight excluding hydrogens is 344 g/mol. The Balaban J connectivity index is 1.80. The Bertz CT molecular complexity index is 838. The van der Waals surface area contributed by atoms with E-state index in [9.17, 15) is 9.59 Å². The third kappa shape index (κ3) is 4.35. The van der Waals surface area contributed by atoms with E-state index in [4.69, 9.17) is 10.3 Å². The van der Waals surface area contributed by atoms with Crippen molar-refractivity contribution >= 4 is 11.8 Å². The molecule has 144 valence electrons. The van der Waals surface area contributed by atoms with Gasteiger partial charge in [-0.05, 0) is 31.4 Å². The van der Waals surface area contributed by atoms with Gasteiger partial charge >= 0.3 is 0 Å². The molecule has 1 heterocycles.